The summed E-state index contributed by atoms with van der Waals surface area (Å²) >= 11 is 0. The highest BCUT2D eigenvalue weighted by Gasteiger charge is 2.16. The van der Waals surface area contributed by atoms with Crippen LogP contribution >= 0.6 is 0 Å². The largest absolute Gasteiger partial charge is 0.507 e. The Morgan fingerprint density at radius 3 is 1.83 bits per heavy atom. The summed E-state index contributed by atoms with van der Waals surface area (Å²) in [7, 11) is 0. The normalized spacial score (nSPS) is 11.7. The van der Waals surface area contributed by atoms with Crippen LogP contribution in [0.5, 0.6) is 5.75 Å². The van der Waals surface area contributed by atoms with E-state index in [2.05, 4.69) is 118 Å². The SMILES string of the molecule is Cc1cccc(C)c1-c1ccnc(-c2cccc(-c3cc(-c4ccccc4)cc(-c4ccc(C(C)c5ccccc5)cc4O)n3)c2)c1. The molecule has 1 atom stereocenters. The molecule has 7 rings (SSSR count). The van der Waals surface area contributed by atoms with Gasteiger partial charge in [-0.15, -0.1) is 0 Å². The van der Waals surface area contributed by atoms with E-state index in [1.165, 1.54) is 22.3 Å². The maximum atomic E-state index is 11.4. The second-order valence-electron chi connectivity index (χ2n) is 12.2. The fraction of sp³-hybridized carbons (Fsp3) is 0.0909. The third-order valence-corrected chi connectivity index (χ3v) is 9.01. The molecule has 7 aromatic rings. The minimum Gasteiger partial charge on any atom is -0.507 e. The molecule has 0 saturated heterocycles. The molecule has 5 aromatic carbocycles. The Labute approximate surface area is 276 Å². The minimum atomic E-state index is 0.153. The van der Waals surface area contributed by atoms with Gasteiger partial charge in [0, 0.05) is 28.8 Å². The van der Waals surface area contributed by atoms with Crippen molar-refractivity contribution in [3.63, 3.8) is 0 Å². The van der Waals surface area contributed by atoms with Gasteiger partial charge in [-0.2, -0.15) is 0 Å². The van der Waals surface area contributed by atoms with Crippen LogP contribution in [0.15, 0.2) is 152 Å². The second-order valence-corrected chi connectivity index (χ2v) is 12.2. The van der Waals surface area contributed by atoms with Crippen molar-refractivity contribution in [1.82, 2.24) is 9.97 Å². The van der Waals surface area contributed by atoms with Crippen LogP contribution in [0.2, 0.25) is 0 Å². The van der Waals surface area contributed by atoms with Crippen molar-refractivity contribution in [3.05, 3.63) is 174 Å². The lowest BCUT2D eigenvalue weighted by Crippen LogP contribution is -1.97. The average Bonchev–Trinajstić information content (AvgIpc) is 3.12. The van der Waals surface area contributed by atoms with E-state index in [4.69, 9.17) is 9.97 Å². The number of benzene rings is 5. The fourth-order valence-corrected chi connectivity index (χ4v) is 6.43. The number of phenolic OH excluding ortho intramolecular Hbond substituents is 1. The Morgan fingerprint density at radius 2 is 1.11 bits per heavy atom. The number of aryl methyl sites for hydroxylation is 2. The van der Waals surface area contributed by atoms with E-state index in [0.29, 0.717) is 5.56 Å². The van der Waals surface area contributed by atoms with Gasteiger partial charge in [0.15, 0.2) is 0 Å². The van der Waals surface area contributed by atoms with E-state index in [9.17, 15) is 5.11 Å². The molecule has 47 heavy (non-hydrogen) atoms. The van der Waals surface area contributed by atoms with Gasteiger partial charge in [-0.05, 0) is 101 Å². The van der Waals surface area contributed by atoms with Crippen LogP contribution < -0.4 is 0 Å². The van der Waals surface area contributed by atoms with Crippen LogP contribution in [0.4, 0.5) is 0 Å². The number of phenols is 1. The molecule has 0 bridgehead atoms. The molecule has 0 amide bonds. The molecule has 2 aromatic heterocycles. The molecule has 228 valence electrons. The molecule has 1 unspecified atom stereocenters. The zero-order chi connectivity index (χ0) is 32.3. The van der Waals surface area contributed by atoms with Crippen LogP contribution in [0.3, 0.4) is 0 Å². The second kappa shape index (κ2) is 12.9. The Hall–Kier alpha value is -5.80. The number of hydrogen-bond donors (Lipinski definition) is 1. The van der Waals surface area contributed by atoms with Crippen LogP contribution in [0.25, 0.3) is 56.0 Å². The number of aromatic nitrogens is 2. The number of nitrogens with zero attached hydrogens (tertiary/aromatic N) is 2. The van der Waals surface area contributed by atoms with E-state index in [-0.39, 0.29) is 11.7 Å². The molecule has 0 spiro atoms. The van der Waals surface area contributed by atoms with E-state index in [0.717, 1.165) is 50.5 Å². The molecule has 2 heterocycles. The lowest BCUT2D eigenvalue weighted by Gasteiger charge is -2.15. The molecular formula is C44H36N2O. The summed E-state index contributed by atoms with van der Waals surface area (Å²) in [5.74, 6) is 0.370. The van der Waals surface area contributed by atoms with Gasteiger partial charge < -0.3 is 5.11 Å². The molecule has 1 N–H and O–H groups in total. The lowest BCUT2D eigenvalue weighted by molar-refractivity contribution is 0.476. The zero-order valence-electron chi connectivity index (χ0n) is 26.9. The zero-order valence-corrected chi connectivity index (χ0v) is 26.9. The highest BCUT2D eigenvalue weighted by atomic mass is 16.3. The summed E-state index contributed by atoms with van der Waals surface area (Å²) in [5.41, 5.74) is 14.4. The van der Waals surface area contributed by atoms with Crippen LogP contribution in [0, 0.1) is 13.8 Å². The first-order valence-electron chi connectivity index (χ1n) is 16.0. The highest BCUT2D eigenvalue weighted by molar-refractivity contribution is 5.81. The summed E-state index contributed by atoms with van der Waals surface area (Å²) in [5, 5.41) is 11.4. The third kappa shape index (κ3) is 6.21. The first kappa shape index (κ1) is 29.9. The molecule has 0 radical (unpaired) electrons. The third-order valence-electron chi connectivity index (χ3n) is 9.01. The van der Waals surface area contributed by atoms with Gasteiger partial charge >= 0.3 is 0 Å². The number of aromatic hydroxyl groups is 1. The van der Waals surface area contributed by atoms with Crippen molar-refractivity contribution in [3.8, 4) is 61.8 Å². The summed E-state index contributed by atoms with van der Waals surface area (Å²) in [6.45, 7) is 6.47. The van der Waals surface area contributed by atoms with Gasteiger partial charge in [0.1, 0.15) is 5.75 Å². The standard InChI is InChI=1S/C44H36N2O/c1-29-12-10-13-30(2)44(29)37-22-23-45-40(25-37)35-18-11-19-36(24-35)41-26-38(33-16-8-5-9-17-33)27-42(46-41)39-21-20-34(28-43(39)47)31(3)32-14-6-4-7-15-32/h4-28,31,47H,1-3H3. The van der Waals surface area contributed by atoms with Gasteiger partial charge in [-0.25, -0.2) is 4.98 Å². The van der Waals surface area contributed by atoms with Crippen molar-refractivity contribution in [2.24, 2.45) is 0 Å². The van der Waals surface area contributed by atoms with Crippen molar-refractivity contribution >= 4 is 0 Å². The lowest BCUT2D eigenvalue weighted by atomic mass is 9.91. The molecular weight excluding hydrogens is 572 g/mol. The van der Waals surface area contributed by atoms with Gasteiger partial charge in [0.25, 0.3) is 0 Å². The predicted molar refractivity (Wildman–Crippen MR) is 194 cm³/mol. The topological polar surface area (TPSA) is 46.0 Å². The van der Waals surface area contributed by atoms with Crippen LogP contribution in [0.1, 0.15) is 35.1 Å². The van der Waals surface area contributed by atoms with E-state index >= 15 is 0 Å². The number of hydrogen-bond acceptors (Lipinski definition) is 3. The molecule has 0 saturated carbocycles. The summed E-state index contributed by atoms with van der Waals surface area (Å²) in [4.78, 5) is 9.90. The summed E-state index contributed by atoms with van der Waals surface area (Å²) < 4.78 is 0. The maximum Gasteiger partial charge on any atom is 0.125 e. The van der Waals surface area contributed by atoms with Crippen LogP contribution in [-0.2, 0) is 0 Å². The smallest absolute Gasteiger partial charge is 0.125 e. The van der Waals surface area contributed by atoms with Crippen molar-refractivity contribution < 1.29 is 5.11 Å². The Balaban J connectivity index is 1.30. The summed E-state index contributed by atoms with van der Waals surface area (Å²) in [6, 6.07) is 49.9. The fourth-order valence-electron chi connectivity index (χ4n) is 6.43. The molecule has 3 heteroatoms. The molecule has 0 aliphatic carbocycles. The van der Waals surface area contributed by atoms with Gasteiger partial charge in [0.2, 0.25) is 0 Å². The Morgan fingerprint density at radius 1 is 0.489 bits per heavy atom. The van der Waals surface area contributed by atoms with E-state index in [1.807, 2.05) is 54.7 Å². The van der Waals surface area contributed by atoms with Crippen molar-refractivity contribution in [1.29, 1.82) is 0 Å². The summed E-state index contributed by atoms with van der Waals surface area (Å²) in [6.07, 6.45) is 1.89. The first-order valence-corrected chi connectivity index (χ1v) is 16.0. The first-order chi connectivity index (χ1) is 22.9. The van der Waals surface area contributed by atoms with Gasteiger partial charge in [-0.1, -0.05) is 110 Å². The Kier molecular flexibility index (Phi) is 8.20. The molecule has 3 nitrogen and oxygen atoms in total. The van der Waals surface area contributed by atoms with Gasteiger partial charge in [0.05, 0.1) is 17.1 Å². The predicted octanol–water partition coefficient (Wildman–Crippen LogP) is 11.3. The molecule has 0 aliphatic rings. The van der Waals surface area contributed by atoms with Crippen LogP contribution in [-0.4, -0.2) is 15.1 Å². The monoisotopic (exact) mass is 608 g/mol. The average molecular weight is 609 g/mol. The van der Waals surface area contributed by atoms with Gasteiger partial charge in [-0.3, -0.25) is 4.98 Å². The van der Waals surface area contributed by atoms with E-state index < -0.39 is 0 Å². The van der Waals surface area contributed by atoms with E-state index in [1.54, 1.807) is 0 Å². The Bertz CT molecular complexity index is 2170. The van der Waals surface area contributed by atoms with Crippen molar-refractivity contribution in [2.45, 2.75) is 26.7 Å². The quantitative estimate of drug-likeness (QED) is 0.196. The number of pyridine rings is 2. The minimum absolute atomic E-state index is 0.153. The highest BCUT2D eigenvalue weighted by Crippen LogP contribution is 2.37. The number of rotatable bonds is 7. The maximum absolute atomic E-state index is 11.4. The van der Waals surface area contributed by atoms with Crippen molar-refractivity contribution in [2.75, 3.05) is 0 Å². The molecule has 0 aliphatic heterocycles. The molecule has 0 fully saturated rings.